The summed E-state index contributed by atoms with van der Waals surface area (Å²) in [7, 11) is 7.35. The topological polar surface area (TPSA) is 43.8 Å². The highest BCUT2D eigenvalue weighted by molar-refractivity contribution is 14.0. The molecule has 0 aliphatic carbocycles. The largest absolute Gasteiger partial charge is 0.375 e. The summed E-state index contributed by atoms with van der Waals surface area (Å²) in [5.74, 6) is 0.526. The summed E-state index contributed by atoms with van der Waals surface area (Å²) < 4.78 is 14.0. The molecular weight excluding hydrogens is 452 g/mol. The third-order valence-corrected chi connectivity index (χ3v) is 4.41. The van der Waals surface area contributed by atoms with E-state index >= 15 is 0 Å². The van der Waals surface area contributed by atoms with Crippen LogP contribution in [0.3, 0.4) is 0 Å². The number of guanidine groups is 1. The lowest BCUT2D eigenvalue weighted by molar-refractivity contribution is 0.470. The van der Waals surface area contributed by atoms with Crippen molar-refractivity contribution in [3.8, 4) is 0 Å². The van der Waals surface area contributed by atoms with E-state index in [0.29, 0.717) is 18.8 Å². The van der Waals surface area contributed by atoms with E-state index in [9.17, 15) is 4.39 Å². The quantitative estimate of drug-likeness (QED) is 0.407. The summed E-state index contributed by atoms with van der Waals surface area (Å²) in [5.41, 5.74) is 2.47. The molecule has 0 radical (unpaired) electrons. The first-order chi connectivity index (χ1) is 11.4. The second-order valence-corrected chi connectivity index (χ2v) is 6.86. The zero-order valence-electron chi connectivity index (χ0n) is 15.2. The number of hydrogen-bond acceptors (Lipinski definition) is 4. The molecule has 0 unspecified atom stereocenters. The molecular formula is C17H25FIN5S. The molecule has 0 amide bonds. The van der Waals surface area contributed by atoms with Gasteiger partial charge in [-0.05, 0) is 24.6 Å². The van der Waals surface area contributed by atoms with Crippen LogP contribution in [0.1, 0.15) is 16.3 Å². The van der Waals surface area contributed by atoms with Gasteiger partial charge in [0.2, 0.25) is 0 Å². The number of nitrogens with one attached hydrogen (secondary N) is 1. The Bertz CT molecular complexity index is 717. The van der Waals surface area contributed by atoms with Gasteiger partial charge in [0.1, 0.15) is 5.82 Å². The third kappa shape index (κ3) is 6.10. The summed E-state index contributed by atoms with van der Waals surface area (Å²) >= 11 is 1.64. The Morgan fingerprint density at radius 3 is 2.56 bits per heavy atom. The first kappa shape index (κ1) is 21.6. The molecule has 1 heterocycles. The zero-order chi connectivity index (χ0) is 17.7. The Hall–Kier alpha value is -1.42. The van der Waals surface area contributed by atoms with Gasteiger partial charge in [-0.1, -0.05) is 6.07 Å². The van der Waals surface area contributed by atoms with Crippen LogP contribution in [-0.2, 0) is 13.1 Å². The number of hydrogen-bond donors (Lipinski definition) is 1. The molecule has 2 rings (SSSR count). The molecule has 0 saturated carbocycles. The van der Waals surface area contributed by atoms with Gasteiger partial charge in [0.05, 0.1) is 22.9 Å². The lowest BCUT2D eigenvalue weighted by Gasteiger charge is -2.21. The molecule has 25 heavy (non-hydrogen) atoms. The zero-order valence-corrected chi connectivity index (χ0v) is 18.4. The number of aromatic nitrogens is 1. The van der Waals surface area contributed by atoms with E-state index in [2.05, 4.69) is 20.7 Å². The molecule has 138 valence electrons. The lowest BCUT2D eigenvalue weighted by atomic mass is 10.2. The number of nitrogens with zero attached hydrogens (tertiary/aromatic N) is 4. The standard InChI is InChI=1S/C17H24FN5S.HI/c1-12-21-14(11-24-12)10-23(5)17(19-2)20-9-13-6-7-16(22(3)4)15(18)8-13;/h6-8,11H,9-10H2,1-5H3,(H,19,20);1H. The number of benzene rings is 1. The van der Waals surface area contributed by atoms with Crippen molar-refractivity contribution in [3.05, 3.63) is 45.7 Å². The molecule has 0 aliphatic rings. The Morgan fingerprint density at radius 2 is 2.04 bits per heavy atom. The van der Waals surface area contributed by atoms with E-state index in [-0.39, 0.29) is 29.8 Å². The molecule has 1 aromatic heterocycles. The number of thiazole rings is 1. The van der Waals surface area contributed by atoms with Crippen LogP contribution in [0.2, 0.25) is 0 Å². The Balaban J connectivity index is 0.00000312. The fourth-order valence-electron chi connectivity index (χ4n) is 2.39. The molecule has 0 saturated heterocycles. The van der Waals surface area contributed by atoms with Crippen molar-refractivity contribution in [2.75, 3.05) is 33.1 Å². The number of aryl methyl sites for hydroxylation is 1. The van der Waals surface area contributed by atoms with E-state index in [1.165, 1.54) is 0 Å². The summed E-state index contributed by atoms with van der Waals surface area (Å²) in [4.78, 5) is 12.5. The predicted octanol–water partition coefficient (Wildman–Crippen LogP) is 3.48. The van der Waals surface area contributed by atoms with Crippen molar-refractivity contribution in [2.45, 2.75) is 20.0 Å². The number of halogens is 2. The van der Waals surface area contributed by atoms with E-state index < -0.39 is 0 Å². The molecule has 0 atom stereocenters. The second-order valence-electron chi connectivity index (χ2n) is 5.79. The van der Waals surface area contributed by atoms with E-state index in [1.807, 2.05) is 39.0 Å². The minimum atomic E-state index is -0.222. The number of rotatable bonds is 5. The lowest BCUT2D eigenvalue weighted by Crippen LogP contribution is -2.38. The fourth-order valence-corrected chi connectivity index (χ4v) is 2.99. The average Bonchev–Trinajstić information content (AvgIpc) is 2.92. The maximum atomic E-state index is 14.0. The van der Waals surface area contributed by atoms with Gasteiger partial charge in [-0.3, -0.25) is 4.99 Å². The van der Waals surface area contributed by atoms with Gasteiger partial charge in [0.15, 0.2) is 5.96 Å². The molecule has 0 fully saturated rings. The van der Waals surface area contributed by atoms with Gasteiger partial charge in [-0.25, -0.2) is 9.37 Å². The Morgan fingerprint density at radius 1 is 1.32 bits per heavy atom. The van der Waals surface area contributed by atoms with Crippen LogP contribution in [0.4, 0.5) is 10.1 Å². The van der Waals surface area contributed by atoms with Gasteiger partial charge >= 0.3 is 0 Å². The van der Waals surface area contributed by atoms with Crippen LogP contribution in [0, 0.1) is 12.7 Å². The second kappa shape index (κ2) is 9.91. The van der Waals surface area contributed by atoms with Crippen LogP contribution < -0.4 is 10.2 Å². The Kier molecular flexibility index (Phi) is 8.57. The van der Waals surface area contributed by atoms with E-state index in [0.717, 1.165) is 22.2 Å². The summed E-state index contributed by atoms with van der Waals surface area (Å²) in [5, 5.41) is 6.36. The van der Waals surface area contributed by atoms with Gasteiger partial charge in [-0.15, -0.1) is 35.3 Å². The molecule has 5 nitrogen and oxygen atoms in total. The van der Waals surface area contributed by atoms with Crippen LogP contribution in [0.25, 0.3) is 0 Å². The minimum absolute atomic E-state index is 0. The van der Waals surface area contributed by atoms with Gasteiger partial charge < -0.3 is 15.1 Å². The first-order valence-electron chi connectivity index (χ1n) is 7.69. The van der Waals surface area contributed by atoms with Crippen LogP contribution in [0.15, 0.2) is 28.6 Å². The molecule has 1 aromatic carbocycles. The maximum Gasteiger partial charge on any atom is 0.194 e. The van der Waals surface area contributed by atoms with E-state index in [4.69, 9.17) is 0 Å². The van der Waals surface area contributed by atoms with Crippen molar-refractivity contribution in [2.24, 2.45) is 4.99 Å². The predicted molar refractivity (Wildman–Crippen MR) is 115 cm³/mol. The maximum absolute atomic E-state index is 14.0. The smallest absolute Gasteiger partial charge is 0.194 e. The van der Waals surface area contributed by atoms with Crippen LogP contribution >= 0.6 is 35.3 Å². The fraction of sp³-hybridized carbons (Fsp3) is 0.412. The first-order valence-corrected chi connectivity index (χ1v) is 8.57. The van der Waals surface area contributed by atoms with Crippen molar-refractivity contribution >= 4 is 47.0 Å². The van der Waals surface area contributed by atoms with Crippen LogP contribution in [0.5, 0.6) is 0 Å². The highest BCUT2D eigenvalue weighted by Gasteiger charge is 2.10. The minimum Gasteiger partial charge on any atom is -0.375 e. The molecule has 0 aliphatic heterocycles. The van der Waals surface area contributed by atoms with Crippen LogP contribution in [-0.4, -0.2) is 44.0 Å². The van der Waals surface area contributed by atoms with Crippen molar-refractivity contribution in [1.29, 1.82) is 0 Å². The highest BCUT2D eigenvalue weighted by Crippen LogP contribution is 2.18. The van der Waals surface area contributed by atoms with Gasteiger partial charge in [0, 0.05) is 40.1 Å². The monoisotopic (exact) mass is 477 g/mol. The van der Waals surface area contributed by atoms with Crippen molar-refractivity contribution in [3.63, 3.8) is 0 Å². The van der Waals surface area contributed by atoms with E-state index in [1.54, 1.807) is 35.4 Å². The SMILES string of the molecule is CN=C(NCc1ccc(N(C)C)c(F)c1)N(C)Cc1csc(C)n1.I. The normalized spacial score (nSPS) is 11.0. The van der Waals surface area contributed by atoms with Gasteiger partial charge in [-0.2, -0.15) is 0 Å². The molecule has 8 heteroatoms. The molecule has 0 spiro atoms. The molecule has 0 bridgehead atoms. The third-order valence-electron chi connectivity index (χ3n) is 3.58. The Labute approximate surface area is 170 Å². The molecule has 2 aromatic rings. The van der Waals surface area contributed by atoms with Crippen molar-refractivity contribution in [1.82, 2.24) is 15.2 Å². The molecule has 1 N–H and O–H groups in total. The average molecular weight is 477 g/mol. The summed E-state index contributed by atoms with van der Waals surface area (Å²) in [6.45, 7) is 3.18. The summed E-state index contributed by atoms with van der Waals surface area (Å²) in [6, 6.07) is 5.26. The van der Waals surface area contributed by atoms with Crippen molar-refractivity contribution < 1.29 is 4.39 Å². The summed E-state index contributed by atoms with van der Waals surface area (Å²) in [6.07, 6.45) is 0. The number of anilines is 1. The van der Waals surface area contributed by atoms with Gasteiger partial charge in [0.25, 0.3) is 0 Å². The number of aliphatic imine (C=N–C) groups is 1. The highest BCUT2D eigenvalue weighted by atomic mass is 127.